The molecule has 2 N–H and O–H groups in total. The molecule has 0 atom stereocenters. The smallest absolute Gasteiger partial charge is 0.325 e. The maximum atomic E-state index is 11.8. The number of hydrogen-bond acceptors (Lipinski definition) is 2. The van der Waals surface area contributed by atoms with Crippen molar-refractivity contribution < 1.29 is 4.79 Å². The summed E-state index contributed by atoms with van der Waals surface area (Å²) in [6, 6.07) is 14.9. The third-order valence-corrected chi connectivity index (χ3v) is 3.42. The maximum Gasteiger partial charge on any atom is 0.325 e. The van der Waals surface area contributed by atoms with Gasteiger partial charge in [-0.3, -0.25) is 0 Å². The number of benzene rings is 2. The molecule has 1 heterocycles. The summed E-state index contributed by atoms with van der Waals surface area (Å²) in [6.45, 7) is 2.08. The monoisotopic (exact) mass is 265 g/mol. The number of aromatic nitrogens is 2. The Morgan fingerprint density at radius 1 is 1.15 bits per heavy atom. The van der Waals surface area contributed by atoms with Crippen molar-refractivity contribution in [2.75, 3.05) is 0 Å². The minimum Gasteiger partial charge on any atom is -0.351 e. The molecule has 1 aromatic heterocycles. The lowest BCUT2D eigenvalue weighted by molar-refractivity contribution is 0.251. The van der Waals surface area contributed by atoms with Crippen molar-refractivity contribution in [1.29, 1.82) is 0 Å². The van der Waals surface area contributed by atoms with Crippen molar-refractivity contribution in [3.05, 3.63) is 54.1 Å². The summed E-state index contributed by atoms with van der Waals surface area (Å²) in [6.07, 6.45) is 0.873. The first kappa shape index (κ1) is 12.4. The molecule has 0 aliphatic carbocycles. The van der Waals surface area contributed by atoms with E-state index >= 15 is 0 Å². The quantitative estimate of drug-likeness (QED) is 0.773. The van der Waals surface area contributed by atoms with Crippen molar-refractivity contribution in [3.63, 3.8) is 0 Å². The Kier molecular flexibility index (Phi) is 2.99. The third-order valence-electron chi connectivity index (χ3n) is 3.42. The highest BCUT2D eigenvalue weighted by atomic mass is 16.2. The topological polar surface area (TPSA) is 60.9 Å². The first-order valence-electron chi connectivity index (χ1n) is 6.58. The fourth-order valence-electron chi connectivity index (χ4n) is 2.48. The summed E-state index contributed by atoms with van der Waals surface area (Å²) in [5.41, 5.74) is 9.14. The molecule has 20 heavy (non-hydrogen) atoms. The molecule has 2 aromatic carbocycles. The molecule has 3 aromatic rings. The van der Waals surface area contributed by atoms with Crippen LogP contribution in [0.2, 0.25) is 0 Å². The average molecular weight is 265 g/mol. The Hall–Kier alpha value is -2.62. The van der Waals surface area contributed by atoms with E-state index in [1.54, 1.807) is 0 Å². The van der Waals surface area contributed by atoms with Gasteiger partial charge < -0.3 is 5.73 Å². The lowest BCUT2D eigenvalue weighted by Crippen LogP contribution is -2.20. The van der Waals surface area contributed by atoms with Crippen LogP contribution < -0.4 is 5.73 Å². The Morgan fingerprint density at radius 2 is 1.85 bits per heavy atom. The van der Waals surface area contributed by atoms with E-state index in [4.69, 9.17) is 5.73 Å². The van der Waals surface area contributed by atoms with Crippen LogP contribution in [0.15, 0.2) is 48.5 Å². The van der Waals surface area contributed by atoms with Crippen LogP contribution in [0, 0.1) is 0 Å². The van der Waals surface area contributed by atoms with Gasteiger partial charge in [0.2, 0.25) is 0 Å². The van der Waals surface area contributed by atoms with Crippen molar-refractivity contribution in [2.45, 2.75) is 13.3 Å². The molecule has 0 saturated heterocycles. The highest BCUT2D eigenvalue weighted by Crippen LogP contribution is 2.27. The number of rotatable bonds is 2. The molecule has 100 valence electrons. The third kappa shape index (κ3) is 1.86. The second kappa shape index (κ2) is 4.81. The number of para-hydroxylation sites is 2. The largest absolute Gasteiger partial charge is 0.351 e. The minimum atomic E-state index is -0.514. The van der Waals surface area contributed by atoms with Crippen LogP contribution in [0.4, 0.5) is 4.79 Å². The highest BCUT2D eigenvalue weighted by Gasteiger charge is 2.17. The lowest BCUT2D eigenvalue weighted by Gasteiger charge is -2.08. The number of aryl methyl sites for hydroxylation is 1. The number of fused-ring (bicyclic) bond motifs is 1. The van der Waals surface area contributed by atoms with Crippen molar-refractivity contribution in [3.8, 4) is 11.4 Å². The molecular weight excluding hydrogens is 250 g/mol. The summed E-state index contributed by atoms with van der Waals surface area (Å²) in [5.74, 6) is 0.608. The molecule has 0 bridgehead atoms. The number of imidazole rings is 1. The van der Waals surface area contributed by atoms with Gasteiger partial charge in [-0.15, -0.1) is 0 Å². The molecule has 3 rings (SSSR count). The zero-order valence-electron chi connectivity index (χ0n) is 11.2. The Balaban J connectivity index is 2.36. The van der Waals surface area contributed by atoms with Crippen LogP contribution in [0.25, 0.3) is 22.4 Å². The molecule has 0 aliphatic heterocycles. The van der Waals surface area contributed by atoms with Crippen LogP contribution in [-0.4, -0.2) is 15.6 Å². The molecule has 0 spiro atoms. The van der Waals surface area contributed by atoms with E-state index in [9.17, 15) is 4.79 Å². The number of amides is 1. The number of nitrogens with zero attached hydrogens (tertiary/aromatic N) is 2. The SMILES string of the molecule is CCc1ccccc1-c1nc2ccccc2n1C(N)=O. The van der Waals surface area contributed by atoms with Gasteiger partial charge in [0.05, 0.1) is 11.0 Å². The summed E-state index contributed by atoms with van der Waals surface area (Å²) < 4.78 is 1.48. The normalized spacial score (nSPS) is 10.8. The average Bonchev–Trinajstić information content (AvgIpc) is 2.86. The Morgan fingerprint density at radius 3 is 2.60 bits per heavy atom. The van der Waals surface area contributed by atoms with Crippen LogP contribution in [0.5, 0.6) is 0 Å². The van der Waals surface area contributed by atoms with Crippen molar-refractivity contribution in [2.24, 2.45) is 5.73 Å². The van der Waals surface area contributed by atoms with Crippen LogP contribution in [0.1, 0.15) is 12.5 Å². The van der Waals surface area contributed by atoms with Crippen LogP contribution in [0.3, 0.4) is 0 Å². The molecule has 0 unspecified atom stereocenters. The second-order valence-electron chi connectivity index (χ2n) is 4.61. The first-order chi connectivity index (χ1) is 9.72. The molecular formula is C16H15N3O. The predicted octanol–water partition coefficient (Wildman–Crippen LogP) is 3.19. The van der Waals surface area contributed by atoms with Gasteiger partial charge in [-0.2, -0.15) is 0 Å². The lowest BCUT2D eigenvalue weighted by atomic mass is 10.0. The molecule has 0 saturated carbocycles. The fourth-order valence-corrected chi connectivity index (χ4v) is 2.48. The zero-order chi connectivity index (χ0) is 14.1. The van der Waals surface area contributed by atoms with Gasteiger partial charge in [-0.05, 0) is 24.1 Å². The van der Waals surface area contributed by atoms with Gasteiger partial charge in [0.15, 0.2) is 0 Å². The van der Waals surface area contributed by atoms with Gasteiger partial charge in [0.25, 0.3) is 0 Å². The van der Waals surface area contributed by atoms with E-state index in [0.717, 1.165) is 28.6 Å². The number of hydrogen-bond donors (Lipinski definition) is 1. The molecule has 0 fully saturated rings. The predicted molar refractivity (Wildman–Crippen MR) is 79.5 cm³/mol. The minimum absolute atomic E-state index is 0.514. The van der Waals surface area contributed by atoms with E-state index in [2.05, 4.69) is 11.9 Å². The molecule has 0 radical (unpaired) electrons. The standard InChI is InChI=1S/C16H15N3O/c1-2-11-7-3-4-8-12(11)15-18-13-9-5-6-10-14(13)19(15)16(17)20/h3-10H,2H2,1H3,(H2,17,20). The molecule has 0 aliphatic rings. The van der Waals surface area contributed by atoms with E-state index < -0.39 is 6.03 Å². The van der Waals surface area contributed by atoms with E-state index in [-0.39, 0.29) is 0 Å². The summed E-state index contributed by atoms with van der Waals surface area (Å²) >= 11 is 0. The van der Waals surface area contributed by atoms with E-state index in [0.29, 0.717) is 5.82 Å². The van der Waals surface area contributed by atoms with Gasteiger partial charge in [-0.25, -0.2) is 14.3 Å². The number of carbonyl (C=O) groups is 1. The fraction of sp³-hybridized carbons (Fsp3) is 0.125. The molecule has 1 amide bonds. The van der Waals surface area contributed by atoms with Crippen molar-refractivity contribution >= 4 is 17.1 Å². The van der Waals surface area contributed by atoms with E-state index in [1.165, 1.54) is 4.57 Å². The number of carbonyl (C=O) groups excluding carboxylic acids is 1. The second-order valence-corrected chi connectivity index (χ2v) is 4.61. The van der Waals surface area contributed by atoms with Gasteiger partial charge in [0.1, 0.15) is 5.82 Å². The van der Waals surface area contributed by atoms with Gasteiger partial charge >= 0.3 is 6.03 Å². The maximum absolute atomic E-state index is 11.8. The molecule has 4 heteroatoms. The van der Waals surface area contributed by atoms with Gasteiger partial charge in [0, 0.05) is 5.56 Å². The van der Waals surface area contributed by atoms with Crippen LogP contribution in [-0.2, 0) is 6.42 Å². The van der Waals surface area contributed by atoms with Crippen molar-refractivity contribution in [1.82, 2.24) is 9.55 Å². The zero-order valence-corrected chi connectivity index (χ0v) is 11.2. The van der Waals surface area contributed by atoms with Crippen LogP contribution >= 0.6 is 0 Å². The molecule has 4 nitrogen and oxygen atoms in total. The Bertz CT molecular complexity index is 789. The Labute approximate surface area is 116 Å². The summed E-state index contributed by atoms with van der Waals surface area (Å²) in [5, 5.41) is 0. The first-order valence-corrected chi connectivity index (χ1v) is 6.58. The van der Waals surface area contributed by atoms with E-state index in [1.807, 2.05) is 48.5 Å². The highest BCUT2D eigenvalue weighted by molar-refractivity contribution is 5.93. The number of nitrogens with two attached hydrogens (primary N) is 1. The summed E-state index contributed by atoms with van der Waals surface area (Å²) in [4.78, 5) is 16.4. The van der Waals surface area contributed by atoms with Gasteiger partial charge in [-0.1, -0.05) is 43.3 Å². The number of primary amides is 1. The summed E-state index contributed by atoms with van der Waals surface area (Å²) in [7, 11) is 0.